The highest BCUT2D eigenvalue weighted by atomic mass is 35.5. The van der Waals surface area contributed by atoms with E-state index in [2.05, 4.69) is 16.0 Å². The second-order valence-corrected chi connectivity index (χ2v) is 7.39. The minimum atomic E-state index is -0.393. The Morgan fingerprint density at radius 3 is 2.72 bits per heavy atom. The third-order valence-electron chi connectivity index (χ3n) is 4.11. The molecule has 0 amide bonds. The number of hydrogen-bond acceptors (Lipinski definition) is 4. The number of nitrogens with two attached hydrogens (primary N) is 1. The second-order valence-electron chi connectivity index (χ2n) is 5.87. The van der Waals surface area contributed by atoms with Crippen molar-refractivity contribution in [2.45, 2.75) is 6.54 Å². The normalized spacial score (nSPS) is 13.1. The van der Waals surface area contributed by atoms with Gasteiger partial charge in [-0.25, -0.2) is 4.39 Å². The zero-order valence-corrected chi connectivity index (χ0v) is 14.8. The van der Waals surface area contributed by atoms with E-state index in [0.717, 1.165) is 32.6 Å². The summed E-state index contributed by atoms with van der Waals surface area (Å²) in [6, 6.07) is 14.8. The number of rotatable bonds is 3. The molecule has 6 heteroatoms. The van der Waals surface area contributed by atoms with Gasteiger partial charge in [0, 0.05) is 22.7 Å². The van der Waals surface area contributed by atoms with Crippen LogP contribution in [0.15, 0.2) is 53.5 Å². The largest absolute Gasteiger partial charge is 0.396 e. The Bertz CT molecular complexity index is 950. The molecule has 0 radical (unpaired) electrons. The van der Waals surface area contributed by atoms with E-state index < -0.39 is 5.82 Å². The minimum Gasteiger partial charge on any atom is -0.396 e. The van der Waals surface area contributed by atoms with E-state index >= 15 is 0 Å². The predicted octanol–water partition coefficient (Wildman–Crippen LogP) is 5.19. The van der Waals surface area contributed by atoms with E-state index in [-0.39, 0.29) is 5.69 Å². The molecule has 1 aromatic heterocycles. The molecule has 2 N–H and O–H groups in total. The summed E-state index contributed by atoms with van der Waals surface area (Å²) >= 11 is 7.56. The number of aliphatic imine (C=N–C) groups is 1. The average Bonchev–Trinajstić information content (AvgIpc) is 3.05. The van der Waals surface area contributed by atoms with Gasteiger partial charge in [-0.2, -0.15) is 0 Å². The van der Waals surface area contributed by atoms with Crippen LogP contribution in [0.2, 0.25) is 5.02 Å². The molecule has 4 rings (SSSR count). The fourth-order valence-electron chi connectivity index (χ4n) is 2.80. The van der Waals surface area contributed by atoms with Crippen LogP contribution in [-0.2, 0) is 6.54 Å². The molecule has 0 fully saturated rings. The number of thiophene rings is 1. The maximum absolute atomic E-state index is 13.8. The monoisotopic (exact) mass is 371 g/mol. The van der Waals surface area contributed by atoms with Crippen molar-refractivity contribution in [3.63, 3.8) is 0 Å². The van der Waals surface area contributed by atoms with Crippen LogP contribution >= 0.6 is 22.9 Å². The van der Waals surface area contributed by atoms with Crippen molar-refractivity contribution in [1.82, 2.24) is 0 Å². The zero-order chi connectivity index (χ0) is 17.4. The van der Waals surface area contributed by atoms with Gasteiger partial charge < -0.3 is 10.6 Å². The Balaban J connectivity index is 1.65. The summed E-state index contributed by atoms with van der Waals surface area (Å²) in [6.45, 7) is 1.34. The van der Waals surface area contributed by atoms with Gasteiger partial charge in [0.1, 0.15) is 12.5 Å². The molecule has 0 saturated carbocycles. The molecule has 3 nitrogen and oxygen atoms in total. The molecule has 25 heavy (non-hydrogen) atoms. The highest BCUT2D eigenvalue weighted by molar-refractivity contribution is 7.17. The van der Waals surface area contributed by atoms with Gasteiger partial charge in [-0.3, -0.25) is 4.99 Å². The Kier molecular flexibility index (Phi) is 4.19. The van der Waals surface area contributed by atoms with E-state index in [9.17, 15) is 4.39 Å². The lowest BCUT2D eigenvalue weighted by atomic mass is 10.1. The average molecular weight is 372 g/mol. The van der Waals surface area contributed by atoms with E-state index in [1.807, 2.05) is 36.5 Å². The first-order valence-electron chi connectivity index (χ1n) is 7.78. The zero-order valence-electron chi connectivity index (χ0n) is 13.2. The van der Waals surface area contributed by atoms with Crippen molar-refractivity contribution < 1.29 is 4.39 Å². The van der Waals surface area contributed by atoms with Crippen molar-refractivity contribution >= 4 is 40.5 Å². The van der Waals surface area contributed by atoms with Crippen LogP contribution in [0, 0.1) is 5.82 Å². The first-order valence-corrected chi connectivity index (χ1v) is 8.98. The maximum atomic E-state index is 13.8. The van der Waals surface area contributed by atoms with Gasteiger partial charge in [0.2, 0.25) is 0 Å². The standard InChI is InChI=1S/C19H15ClFN3S/c20-14-4-1-12(2-5-14)10-24-11-23-9-19-17(24)8-18(25-19)13-3-6-16(22)15(21)7-13/h1-9H,10-11,22H2. The van der Waals surface area contributed by atoms with Crippen LogP contribution in [-0.4, -0.2) is 12.9 Å². The molecule has 3 aromatic rings. The lowest BCUT2D eigenvalue weighted by Gasteiger charge is -2.25. The van der Waals surface area contributed by atoms with Crippen LogP contribution in [0.3, 0.4) is 0 Å². The Hall–Kier alpha value is -2.37. The summed E-state index contributed by atoms with van der Waals surface area (Å²) < 4.78 is 13.8. The summed E-state index contributed by atoms with van der Waals surface area (Å²) in [5, 5.41) is 0.726. The van der Waals surface area contributed by atoms with Gasteiger partial charge >= 0.3 is 0 Å². The number of hydrogen-bond donors (Lipinski definition) is 1. The number of nitrogens with zero attached hydrogens (tertiary/aromatic N) is 2. The Morgan fingerprint density at radius 1 is 1.16 bits per heavy atom. The lowest BCUT2D eigenvalue weighted by Crippen LogP contribution is -2.25. The predicted molar refractivity (Wildman–Crippen MR) is 104 cm³/mol. The number of fused-ring (bicyclic) bond motifs is 1. The maximum Gasteiger partial charge on any atom is 0.146 e. The molecular formula is C19H15ClFN3S. The molecule has 0 atom stereocenters. The quantitative estimate of drug-likeness (QED) is 0.644. The number of benzene rings is 2. The van der Waals surface area contributed by atoms with E-state index in [0.29, 0.717) is 6.67 Å². The SMILES string of the molecule is Nc1ccc(-c2cc3c(s2)C=NCN3Cc2ccc(Cl)cc2)cc1F. The molecule has 0 spiro atoms. The molecule has 2 aromatic carbocycles. The topological polar surface area (TPSA) is 41.6 Å². The Morgan fingerprint density at radius 2 is 1.96 bits per heavy atom. The molecule has 126 valence electrons. The highest BCUT2D eigenvalue weighted by Gasteiger charge is 2.19. The van der Waals surface area contributed by atoms with Gasteiger partial charge in [0.05, 0.1) is 16.3 Å². The number of anilines is 2. The van der Waals surface area contributed by atoms with Crippen molar-refractivity contribution in [3.05, 3.63) is 69.8 Å². The van der Waals surface area contributed by atoms with Gasteiger partial charge in [0.15, 0.2) is 0 Å². The molecule has 0 unspecified atom stereocenters. The third-order valence-corrected chi connectivity index (χ3v) is 5.47. The van der Waals surface area contributed by atoms with Crippen LogP contribution in [0.4, 0.5) is 15.8 Å². The summed E-state index contributed by atoms with van der Waals surface area (Å²) in [6.07, 6.45) is 1.88. The van der Waals surface area contributed by atoms with Gasteiger partial charge in [-0.1, -0.05) is 29.8 Å². The molecule has 0 bridgehead atoms. The number of halogens is 2. The van der Waals surface area contributed by atoms with Crippen LogP contribution in [0.25, 0.3) is 10.4 Å². The molecular weight excluding hydrogens is 357 g/mol. The molecule has 0 saturated heterocycles. The summed E-state index contributed by atoms with van der Waals surface area (Å²) in [7, 11) is 0. The molecule has 1 aliphatic heterocycles. The number of nitrogen functional groups attached to an aromatic ring is 1. The summed E-state index contributed by atoms with van der Waals surface area (Å²) in [5.74, 6) is -0.393. The van der Waals surface area contributed by atoms with Crippen LogP contribution < -0.4 is 10.6 Å². The van der Waals surface area contributed by atoms with Gasteiger partial charge in [0.25, 0.3) is 0 Å². The first-order chi connectivity index (χ1) is 12.1. The first kappa shape index (κ1) is 16.1. The minimum absolute atomic E-state index is 0.163. The van der Waals surface area contributed by atoms with E-state index in [4.69, 9.17) is 17.3 Å². The molecule has 0 aliphatic carbocycles. The third kappa shape index (κ3) is 3.25. The van der Waals surface area contributed by atoms with Crippen molar-refractivity contribution in [2.24, 2.45) is 4.99 Å². The Labute approximate surface area is 154 Å². The van der Waals surface area contributed by atoms with Crippen LogP contribution in [0.5, 0.6) is 0 Å². The van der Waals surface area contributed by atoms with Crippen molar-refractivity contribution in [3.8, 4) is 10.4 Å². The lowest BCUT2D eigenvalue weighted by molar-refractivity contribution is 0.633. The van der Waals surface area contributed by atoms with Gasteiger partial charge in [-0.15, -0.1) is 11.3 Å². The van der Waals surface area contributed by atoms with Crippen molar-refractivity contribution in [2.75, 3.05) is 17.3 Å². The molecule has 1 aliphatic rings. The highest BCUT2D eigenvalue weighted by Crippen LogP contribution is 2.38. The summed E-state index contributed by atoms with van der Waals surface area (Å²) in [4.78, 5) is 8.72. The van der Waals surface area contributed by atoms with Crippen LogP contribution in [0.1, 0.15) is 10.4 Å². The molecule has 2 heterocycles. The smallest absolute Gasteiger partial charge is 0.146 e. The second kappa shape index (κ2) is 6.50. The van der Waals surface area contributed by atoms with E-state index in [1.165, 1.54) is 11.6 Å². The van der Waals surface area contributed by atoms with E-state index in [1.54, 1.807) is 17.4 Å². The van der Waals surface area contributed by atoms with Gasteiger partial charge in [-0.05, 0) is 41.5 Å². The fraction of sp³-hybridized carbons (Fsp3) is 0.105. The summed E-state index contributed by atoms with van der Waals surface area (Å²) in [5.41, 5.74) is 8.84. The van der Waals surface area contributed by atoms with Crippen molar-refractivity contribution in [1.29, 1.82) is 0 Å². The fourth-order valence-corrected chi connectivity index (χ4v) is 4.00.